The molecule has 0 spiro atoms. The molecule has 7 nitrogen and oxygen atoms in total. The zero-order valence-electron chi connectivity index (χ0n) is 21.2. The third-order valence-corrected chi connectivity index (χ3v) is 10.0. The highest BCUT2D eigenvalue weighted by Gasteiger charge is 2.35. The molecule has 1 aliphatic rings. The molecule has 1 saturated heterocycles. The van der Waals surface area contributed by atoms with E-state index >= 15 is 0 Å². The fourth-order valence-corrected chi connectivity index (χ4v) is 7.27. The first-order chi connectivity index (χ1) is 17.1. The topological polar surface area (TPSA) is 73.8 Å². The summed E-state index contributed by atoms with van der Waals surface area (Å²) in [7, 11) is 0.426. The minimum Gasteiger partial charge on any atom is -0.309 e. The fourth-order valence-electron chi connectivity index (χ4n) is 4.53. The summed E-state index contributed by atoms with van der Waals surface area (Å²) in [6.45, 7) is 6.18. The van der Waals surface area contributed by atoms with Crippen molar-refractivity contribution in [3.05, 3.63) is 52.5 Å². The molecule has 10 heteroatoms. The molecule has 1 aliphatic heterocycles. The average Bonchev–Trinajstić information content (AvgIpc) is 3.30. The zero-order valence-corrected chi connectivity index (χ0v) is 23.6. The summed E-state index contributed by atoms with van der Waals surface area (Å²) in [6.07, 6.45) is 1.80. The van der Waals surface area contributed by atoms with Crippen LogP contribution in [0.3, 0.4) is 0 Å². The van der Waals surface area contributed by atoms with Crippen LogP contribution in [-0.4, -0.2) is 68.8 Å². The van der Waals surface area contributed by atoms with Crippen molar-refractivity contribution in [1.82, 2.24) is 14.2 Å². The van der Waals surface area contributed by atoms with Crippen molar-refractivity contribution in [2.75, 3.05) is 45.2 Å². The maximum Gasteiger partial charge on any atom is 0.243 e. The van der Waals surface area contributed by atoms with Gasteiger partial charge in [0.05, 0.1) is 15.1 Å². The zero-order chi connectivity index (χ0) is 26.0. The monoisotopic (exact) mass is 548 g/mol. The number of thiazole rings is 1. The summed E-state index contributed by atoms with van der Waals surface area (Å²) in [6, 6.07) is 10.4. The van der Waals surface area contributed by atoms with Gasteiger partial charge in [-0.05, 0) is 89.1 Å². The van der Waals surface area contributed by atoms with Crippen LogP contribution in [-0.2, 0) is 14.8 Å². The highest BCUT2D eigenvalue weighted by atomic mass is 35.5. The van der Waals surface area contributed by atoms with Crippen LogP contribution in [0.4, 0.5) is 5.13 Å². The van der Waals surface area contributed by atoms with Gasteiger partial charge in [0, 0.05) is 30.6 Å². The van der Waals surface area contributed by atoms with E-state index in [0.29, 0.717) is 37.5 Å². The van der Waals surface area contributed by atoms with Gasteiger partial charge in [-0.2, -0.15) is 4.31 Å². The number of anilines is 1. The minimum atomic E-state index is -3.62. The quantitative estimate of drug-likeness (QED) is 0.398. The second-order valence-electron chi connectivity index (χ2n) is 9.65. The van der Waals surface area contributed by atoms with Crippen molar-refractivity contribution in [3.63, 3.8) is 0 Å². The van der Waals surface area contributed by atoms with Crippen molar-refractivity contribution in [2.24, 2.45) is 5.92 Å². The van der Waals surface area contributed by atoms with Crippen molar-refractivity contribution >= 4 is 54.2 Å². The molecule has 1 aromatic heterocycles. The number of piperidine rings is 1. The lowest BCUT2D eigenvalue weighted by Crippen LogP contribution is -2.45. The Labute approximate surface area is 222 Å². The van der Waals surface area contributed by atoms with Crippen LogP contribution in [0.25, 0.3) is 10.2 Å². The van der Waals surface area contributed by atoms with E-state index in [9.17, 15) is 13.2 Å². The van der Waals surface area contributed by atoms with Gasteiger partial charge >= 0.3 is 0 Å². The lowest BCUT2D eigenvalue weighted by Gasteiger charge is -2.33. The van der Waals surface area contributed by atoms with E-state index < -0.39 is 10.0 Å². The third kappa shape index (κ3) is 5.75. The largest absolute Gasteiger partial charge is 0.309 e. The fraction of sp³-hybridized carbons (Fsp3) is 0.462. The van der Waals surface area contributed by atoms with Crippen molar-refractivity contribution in [1.29, 1.82) is 0 Å². The van der Waals surface area contributed by atoms with E-state index in [0.717, 1.165) is 39.4 Å². The number of halogens is 1. The van der Waals surface area contributed by atoms with Crippen LogP contribution in [0.15, 0.2) is 41.3 Å². The number of fused-ring (bicyclic) bond motifs is 1. The molecule has 0 radical (unpaired) electrons. The Morgan fingerprint density at radius 3 is 2.31 bits per heavy atom. The predicted octanol–water partition coefficient (Wildman–Crippen LogP) is 4.95. The number of carbonyl (C=O) groups is 1. The molecule has 1 amide bonds. The minimum absolute atomic E-state index is 0.0339. The Kier molecular flexibility index (Phi) is 8.36. The molecule has 2 heterocycles. The summed E-state index contributed by atoms with van der Waals surface area (Å²) in [5.74, 6) is -0.207. The van der Waals surface area contributed by atoms with E-state index in [1.807, 2.05) is 25.9 Å². The number of sulfonamides is 1. The lowest BCUT2D eigenvalue weighted by molar-refractivity contribution is -0.123. The second-order valence-corrected chi connectivity index (χ2v) is 13.0. The number of rotatable bonds is 8. The van der Waals surface area contributed by atoms with Gasteiger partial charge in [-0.25, -0.2) is 13.4 Å². The number of hydrogen-bond acceptors (Lipinski definition) is 6. The first-order valence-corrected chi connectivity index (χ1v) is 14.8. The Morgan fingerprint density at radius 2 is 1.69 bits per heavy atom. The van der Waals surface area contributed by atoms with Crippen LogP contribution < -0.4 is 4.90 Å². The molecule has 0 N–H and O–H groups in total. The van der Waals surface area contributed by atoms with Gasteiger partial charge in [0.15, 0.2) is 5.13 Å². The molecule has 3 aromatic rings. The van der Waals surface area contributed by atoms with Gasteiger partial charge in [0.1, 0.15) is 0 Å². The number of benzene rings is 2. The molecule has 36 heavy (non-hydrogen) atoms. The first-order valence-electron chi connectivity index (χ1n) is 12.2. The first kappa shape index (κ1) is 27.0. The number of amides is 1. The van der Waals surface area contributed by atoms with Gasteiger partial charge in [-0.15, -0.1) is 0 Å². The molecule has 0 unspecified atom stereocenters. The van der Waals surface area contributed by atoms with Crippen LogP contribution in [0, 0.1) is 19.8 Å². The van der Waals surface area contributed by atoms with Crippen molar-refractivity contribution in [2.45, 2.75) is 38.0 Å². The standard InChI is InChI=1S/C26H33ClN4O3S2/c1-18-6-7-19(2)24-23(18)28-26(35-24)31(15-5-14-29(3)4)25(32)20-12-16-30(17-13-20)36(33,34)22-10-8-21(27)9-11-22/h6-11,20H,5,12-17H2,1-4H3. The molecule has 0 bridgehead atoms. The summed E-state index contributed by atoms with van der Waals surface area (Å²) < 4.78 is 28.7. The van der Waals surface area contributed by atoms with Gasteiger partial charge in [-0.1, -0.05) is 35.1 Å². The highest BCUT2D eigenvalue weighted by Crippen LogP contribution is 2.35. The SMILES string of the molecule is Cc1ccc(C)c2sc(N(CCCN(C)C)C(=O)C3CCN(S(=O)(=O)c4ccc(Cl)cc4)CC3)nc12. The summed E-state index contributed by atoms with van der Waals surface area (Å²) in [5.41, 5.74) is 3.20. The Bertz CT molecular complexity index is 1290. The van der Waals surface area contributed by atoms with Crippen LogP contribution in [0.5, 0.6) is 0 Å². The highest BCUT2D eigenvalue weighted by molar-refractivity contribution is 7.89. The molecular formula is C26H33ClN4O3S2. The molecule has 0 atom stereocenters. The lowest BCUT2D eigenvalue weighted by atomic mass is 9.96. The Morgan fingerprint density at radius 1 is 1.06 bits per heavy atom. The molecule has 1 fully saturated rings. The maximum absolute atomic E-state index is 13.8. The van der Waals surface area contributed by atoms with Gasteiger partial charge in [0.25, 0.3) is 0 Å². The third-order valence-electron chi connectivity index (χ3n) is 6.67. The number of aryl methyl sites for hydroxylation is 2. The summed E-state index contributed by atoms with van der Waals surface area (Å²) in [5, 5.41) is 1.22. The normalized spacial score (nSPS) is 15.6. The summed E-state index contributed by atoms with van der Waals surface area (Å²) >= 11 is 7.48. The van der Waals surface area contributed by atoms with E-state index in [2.05, 4.69) is 24.0 Å². The summed E-state index contributed by atoms with van der Waals surface area (Å²) in [4.78, 5) is 22.8. The van der Waals surface area contributed by atoms with Gasteiger partial charge in [-0.3, -0.25) is 9.69 Å². The number of hydrogen-bond donors (Lipinski definition) is 0. The molecule has 2 aromatic carbocycles. The van der Waals surface area contributed by atoms with Crippen molar-refractivity contribution < 1.29 is 13.2 Å². The van der Waals surface area contributed by atoms with Crippen LogP contribution >= 0.6 is 22.9 Å². The smallest absolute Gasteiger partial charge is 0.243 e. The average molecular weight is 549 g/mol. The second kappa shape index (κ2) is 11.1. The van der Waals surface area contributed by atoms with E-state index in [1.54, 1.807) is 23.5 Å². The molecule has 4 rings (SSSR count). The van der Waals surface area contributed by atoms with E-state index in [1.165, 1.54) is 16.4 Å². The molecule has 0 aliphatic carbocycles. The number of aromatic nitrogens is 1. The Hall–Kier alpha value is -2.04. The Balaban J connectivity index is 1.52. The predicted molar refractivity (Wildman–Crippen MR) is 148 cm³/mol. The molecule has 194 valence electrons. The van der Waals surface area contributed by atoms with Gasteiger partial charge in [0.2, 0.25) is 15.9 Å². The number of nitrogens with zero attached hydrogens (tertiary/aromatic N) is 4. The maximum atomic E-state index is 13.8. The molecular weight excluding hydrogens is 516 g/mol. The van der Waals surface area contributed by atoms with Crippen molar-refractivity contribution in [3.8, 4) is 0 Å². The molecule has 0 saturated carbocycles. The van der Waals surface area contributed by atoms with E-state index in [4.69, 9.17) is 16.6 Å². The van der Waals surface area contributed by atoms with Gasteiger partial charge < -0.3 is 4.90 Å². The van der Waals surface area contributed by atoms with Crippen LogP contribution in [0.2, 0.25) is 5.02 Å². The van der Waals surface area contributed by atoms with Crippen LogP contribution in [0.1, 0.15) is 30.4 Å². The number of carbonyl (C=O) groups excluding carboxylic acids is 1. The van der Waals surface area contributed by atoms with E-state index in [-0.39, 0.29) is 16.7 Å².